The van der Waals surface area contributed by atoms with Gasteiger partial charge >= 0.3 is 10.6 Å². The summed E-state index contributed by atoms with van der Waals surface area (Å²) in [5.41, 5.74) is 2.87. The fourth-order valence-electron chi connectivity index (χ4n) is 7.78. The number of aryl methyl sites for hydroxylation is 3. The molecule has 0 saturated carbocycles. The van der Waals surface area contributed by atoms with Crippen molar-refractivity contribution in [3.05, 3.63) is 111 Å². The van der Waals surface area contributed by atoms with Crippen molar-refractivity contribution in [3.63, 3.8) is 0 Å². The maximum atomic E-state index is 12.4. The standard InChI is InChI=1S/C50H50ClN11O15S6.O3S/c1-28-18-39(58-61-47-31(4)35(26-52)49-53-48-42(62(49)50(47)64)21-32(27-63)22-46(48)83(74,75)76)43(77-12-5-15-80(65,66)67)23-36(28)56-59-40-20-30(3)38(25-45(40)79-14-7-17-82(71,72)73)57-60-41-19-29(2)37(55-54-34-10-8-33(51)9-11-34)24-44(41)78-13-6-16-81(68,69)70;1-4(2)3/h8-11,18-25,63-64H,5-7,12-17,27H2,1-4H3,(H,65,66,67)(H,68,69,70)(H,71,72,73)(H,74,75,76);. The number of benzene rings is 5. The highest BCUT2D eigenvalue weighted by molar-refractivity contribution is 7.99. The maximum absolute atomic E-state index is 12.4. The van der Waals surface area contributed by atoms with Gasteiger partial charge in [-0.15, -0.1) is 56.6 Å². The van der Waals surface area contributed by atoms with Gasteiger partial charge < -0.3 is 14.9 Å². The Bertz CT molecular complexity index is 4560. The third-order valence-electron chi connectivity index (χ3n) is 11.9. The number of azo groups is 4. The van der Waals surface area contributed by atoms with Gasteiger partial charge in [0, 0.05) is 26.4 Å². The van der Waals surface area contributed by atoms with Crippen LogP contribution in [0.4, 0.5) is 45.5 Å². The highest BCUT2D eigenvalue weighted by Gasteiger charge is 2.26. The van der Waals surface area contributed by atoms with E-state index < -0.39 is 85.7 Å². The zero-order chi connectivity index (χ0) is 64.2. The van der Waals surface area contributed by atoms with Crippen LogP contribution in [0.15, 0.2) is 128 Å². The summed E-state index contributed by atoms with van der Waals surface area (Å²) < 4.78 is 165. The molecule has 0 bridgehead atoms. The lowest BCUT2D eigenvalue weighted by molar-refractivity contribution is 0.281. The number of aromatic nitrogens is 2. The van der Waals surface area contributed by atoms with Crippen LogP contribution in [0.25, 0.3) is 16.7 Å². The second-order valence-electron chi connectivity index (χ2n) is 18.4. The van der Waals surface area contributed by atoms with Gasteiger partial charge in [0.25, 0.3) is 40.5 Å². The Morgan fingerprint density at radius 1 is 0.632 bits per heavy atom. The third kappa shape index (κ3) is 19.9. The largest absolute Gasteiger partial charge is 0.493 e. The van der Waals surface area contributed by atoms with E-state index in [0.29, 0.717) is 54.3 Å². The minimum absolute atomic E-state index is 0.00936. The lowest BCUT2D eigenvalue weighted by atomic mass is 10.1. The van der Waals surface area contributed by atoms with E-state index in [1.54, 1.807) is 69.3 Å². The molecule has 37 heteroatoms. The third-order valence-corrected chi connectivity index (χ3v) is 17.7. The fourth-order valence-corrected chi connectivity index (χ4v) is 12.4. The molecule has 29 nitrogen and oxygen atoms in total. The number of aromatic hydroxyl groups is 1. The van der Waals surface area contributed by atoms with Crippen LogP contribution in [0.2, 0.25) is 5.02 Å². The van der Waals surface area contributed by atoms with E-state index in [1.807, 2.05) is 6.07 Å². The zero-order valence-electron chi connectivity index (χ0n) is 45.7. The monoisotopic (exact) mass is 1350 g/mol. The van der Waals surface area contributed by atoms with E-state index in [2.05, 4.69) is 45.9 Å². The number of thioether (sulfide) groups is 2. The lowest BCUT2D eigenvalue weighted by Crippen LogP contribution is -2.08. The Morgan fingerprint density at radius 3 is 1.57 bits per heavy atom. The fraction of sp³-hybridized carbons (Fsp3) is 0.280. The summed E-state index contributed by atoms with van der Waals surface area (Å²) in [5, 5.41) is 68.0. The van der Waals surface area contributed by atoms with Crippen LogP contribution in [-0.4, -0.2) is 119 Å². The number of halogens is 1. The first-order chi connectivity index (χ1) is 40.7. The summed E-state index contributed by atoms with van der Waals surface area (Å²) in [6.07, 6.45) is -0.0274. The van der Waals surface area contributed by atoms with Crippen molar-refractivity contribution >= 4 is 148 Å². The molecule has 2 heterocycles. The number of nitrogens with zero attached hydrogens (tertiary/aromatic N) is 11. The van der Waals surface area contributed by atoms with Gasteiger partial charge in [0.1, 0.15) is 33.5 Å². The van der Waals surface area contributed by atoms with E-state index in [9.17, 15) is 67.4 Å². The maximum Gasteiger partial charge on any atom is 0.425 e. The predicted molar refractivity (Wildman–Crippen MR) is 321 cm³/mol. The Kier molecular flexibility index (Phi) is 23.5. The topological polar surface area (TPSA) is 458 Å². The summed E-state index contributed by atoms with van der Waals surface area (Å²) in [5.74, 6) is -1.91. The first-order valence-electron chi connectivity index (χ1n) is 24.8. The van der Waals surface area contributed by atoms with Crippen molar-refractivity contribution in [2.75, 3.05) is 35.4 Å². The van der Waals surface area contributed by atoms with Crippen molar-refractivity contribution in [3.8, 4) is 17.7 Å². The number of hydrogen-bond donors (Lipinski definition) is 6. The van der Waals surface area contributed by atoms with Crippen molar-refractivity contribution in [1.82, 2.24) is 9.38 Å². The number of ether oxygens (including phenoxy) is 1. The van der Waals surface area contributed by atoms with E-state index in [-0.39, 0.29) is 99.2 Å². The van der Waals surface area contributed by atoms with Crippen LogP contribution in [-0.2, 0) is 57.7 Å². The number of hydrogen-bond acceptors (Lipinski definition) is 26. The van der Waals surface area contributed by atoms with Crippen LogP contribution in [0.5, 0.6) is 11.6 Å². The molecule has 2 aromatic heterocycles. The summed E-state index contributed by atoms with van der Waals surface area (Å²) >= 11 is 8.47. The Morgan fingerprint density at radius 2 is 1.09 bits per heavy atom. The van der Waals surface area contributed by atoms with Crippen molar-refractivity contribution in [2.24, 2.45) is 40.9 Å². The molecule has 6 N–H and O–H groups in total. The van der Waals surface area contributed by atoms with Gasteiger partial charge in [0.15, 0.2) is 11.3 Å². The molecule has 0 unspecified atom stereocenters. The highest BCUT2D eigenvalue weighted by atomic mass is 35.5. The number of fused-ring (bicyclic) bond motifs is 3. The quantitative estimate of drug-likeness (QED) is 0.0134. The molecule has 0 amide bonds. The molecule has 0 fully saturated rings. The number of rotatable bonds is 25. The molecule has 462 valence electrons. The second kappa shape index (κ2) is 29.6. The number of aliphatic hydroxyl groups excluding tert-OH is 1. The summed E-state index contributed by atoms with van der Waals surface area (Å²) in [7, 11) is -20.9. The SMILES string of the molecule is Cc1cc(N=Nc2cc(SCCCS(=O)(=O)O)c(N=Nc3cc(OCCCS(=O)(=O)O)c(N=Nc4c(C)c(C#N)c5nc6c(S(=O)(=O)O)cc(CO)cc6n5c4O)cc3C)cc2C)c(SCCCS(=O)(=O)O)cc1N=Nc1ccc(Cl)cc1.O=S(=O)=O. The van der Waals surface area contributed by atoms with Crippen molar-refractivity contribution < 1.29 is 79.5 Å². The molecule has 5 aromatic carbocycles. The van der Waals surface area contributed by atoms with Crippen LogP contribution in [0.1, 0.15) is 52.6 Å². The van der Waals surface area contributed by atoms with Gasteiger partial charge in [0.05, 0.1) is 70.1 Å². The molecule has 0 aliphatic carbocycles. The molecule has 87 heavy (non-hydrogen) atoms. The molecule has 0 aliphatic rings. The molecular formula is C50H50ClN11O18S7. The van der Waals surface area contributed by atoms with E-state index in [0.717, 1.165) is 10.5 Å². The average molecular weight is 1350 g/mol. The van der Waals surface area contributed by atoms with E-state index in [4.69, 9.17) is 29.0 Å². The molecule has 0 aliphatic heterocycles. The molecule has 0 spiro atoms. The highest BCUT2D eigenvalue weighted by Crippen LogP contribution is 2.44. The number of nitriles is 1. The van der Waals surface area contributed by atoms with E-state index in [1.165, 1.54) is 48.6 Å². The van der Waals surface area contributed by atoms with Crippen molar-refractivity contribution in [2.45, 2.75) is 68.3 Å². The number of pyridine rings is 1. The van der Waals surface area contributed by atoms with Gasteiger partial charge in [0.2, 0.25) is 5.88 Å². The van der Waals surface area contributed by atoms with Gasteiger partial charge in [-0.05, 0) is 147 Å². The average Bonchev–Trinajstić information content (AvgIpc) is 1.60. The first kappa shape index (κ1) is 68.9. The summed E-state index contributed by atoms with van der Waals surface area (Å²) in [4.78, 5) is 4.59. The molecule has 0 saturated heterocycles. The minimum atomic E-state index is -4.93. The van der Waals surface area contributed by atoms with Gasteiger partial charge in [-0.3, -0.25) is 22.6 Å². The molecule has 7 rings (SSSR count). The normalized spacial score (nSPS) is 12.5. The second-order valence-corrected chi connectivity index (χ2v) is 27.6. The summed E-state index contributed by atoms with van der Waals surface area (Å²) in [6, 6.07) is 20.6. The number of aliphatic hydroxyl groups is 1. The van der Waals surface area contributed by atoms with E-state index >= 15 is 0 Å². The smallest absolute Gasteiger partial charge is 0.425 e. The first-order valence-corrected chi connectivity index (χ1v) is 34.4. The molecule has 7 aromatic rings. The minimum Gasteiger partial charge on any atom is -0.493 e. The van der Waals surface area contributed by atoms with Gasteiger partial charge in [-0.25, -0.2) is 4.98 Å². The van der Waals surface area contributed by atoms with Crippen molar-refractivity contribution in [1.29, 1.82) is 5.26 Å². The molecule has 0 atom stereocenters. The summed E-state index contributed by atoms with van der Waals surface area (Å²) in [6.45, 7) is 5.63. The predicted octanol–water partition coefficient (Wildman–Crippen LogP) is 11.7. The Hall–Kier alpha value is -7.25. The van der Waals surface area contributed by atoms with Crippen LogP contribution >= 0.6 is 35.1 Å². The number of imidazole rings is 1. The Balaban J connectivity index is 0.00000293. The van der Waals surface area contributed by atoms with Gasteiger partial charge in [-0.2, -0.15) is 59.4 Å². The Labute approximate surface area is 512 Å². The molecular weight excluding hydrogens is 1300 g/mol. The van der Waals surface area contributed by atoms with Crippen LogP contribution in [0, 0.1) is 39.0 Å². The lowest BCUT2D eigenvalue weighted by Gasteiger charge is -2.12. The van der Waals surface area contributed by atoms with Crippen LogP contribution < -0.4 is 4.74 Å². The van der Waals surface area contributed by atoms with Crippen LogP contribution in [0.3, 0.4) is 0 Å². The molecule has 0 radical (unpaired) electrons. The zero-order valence-corrected chi connectivity index (χ0v) is 52.2. The van der Waals surface area contributed by atoms with Gasteiger partial charge in [-0.1, -0.05) is 11.6 Å².